The Kier molecular flexibility index (Phi) is 5.20. The normalized spacial score (nSPS) is 18.5. The largest absolute Gasteiger partial charge is 0.472 e. The van der Waals surface area contributed by atoms with Gasteiger partial charge in [-0.15, -0.1) is 0 Å². The predicted molar refractivity (Wildman–Crippen MR) is 84.6 cm³/mol. The van der Waals surface area contributed by atoms with E-state index in [-0.39, 0.29) is 18.6 Å². The number of aromatic nitrogens is 2. The third-order valence-electron chi connectivity index (χ3n) is 3.65. The first-order valence-electron chi connectivity index (χ1n) is 7.33. The van der Waals surface area contributed by atoms with Crippen LogP contribution in [0.4, 0.5) is 0 Å². The van der Waals surface area contributed by atoms with Crippen molar-refractivity contribution in [2.75, 3.05) is 32.9 Å². The highest BCUT2D eigenvalue weighted by molar-refractivity contribution is 7.88. The molecule has 1 fully saturated rings. The lowest BCUT2D eigenvalue weighted by Gasteiger charge is -2.20. The third kappa shape index (κ3) is 4.87. The molecule has 8 nitrogen and oxygen atoms in total. The van der Waals surface area contributed by atoms with Crippen molar-refractivity contribution in [1.82, 2.24) is 19.2 Å². The molecule has 0 aromatic carbocycles. The molecule has 9 heteroatoms. The molecule has 0 unspecified atom stereocenters. The lowest BCUT2D eigenvalue weighted by Crippen LogP contribution is -2.40. The van der Waals surface area contributed by atoms with Crippen LogP contribution in [0.3, 0.4) is 0 Å². The van der Waals surface area contributed by atoms with Gasteiger partial charge in [-0.3, -0.25) is 4.79 Å². The fourth-order valence-electron chi connectivity index (χ4n) is 2.37. The smallest absolute Gasteiger partial charge is 0.238 e. The fourth-order valence-corrected chi connectivity index (χ4v) is 2.72. The zero-order valence-electron chi connectivity index (χ0n) is 13.8. The van der Waals surface area contributed by atoms with Crippen molar-refractivity contribution in [3.05, 3.63) is 17.6 Å². The molecule has 0 saturated carbocycles. The predicted octanol–water partition coefficient (Wildman–Crippen LogP) is -0.0355. The van der Waals surface area contributed by atoms with Gasteiger partial charge in [-0.25, -0.2) is 13.4 Å². The van der Waals surface area contributed by atoms with Gasteiger partial charge < -0.3 is 9.64 Å². The lowest BCUT2D eigenvalue weighted by atomic mass is 10.3. The quantitative estimate of drug-likeness (QED) is 0.746. The standard InChI is InChI=1S/C14H22N4O4S/c1-10-7-13(16-11(2)15-10)22-12-5-6-18(8-12)14(19)9-17(3)23(4,20)21/h7,12H,5-6,8-9H2,1-4H3/t12-/m1/s1. The summed E-state index contributed by atoms with van der Waals surface area (Å²) < 4.78 is 29.6. The summed E-state index contributed by atoms with van der Waals surface area (Å²) in [5.41, 5.74) is 0.827. The van der Waals surface area contributed by atoms with Gasteiger partial charge in [0, 0.05) is 31.8 Å². The Morgan fingerprint density at radius 2 is 2.13 bits per heavy atom. The van der Waals surface area contributed by atoms with Crippen LogP contribution < -0.4 is 4.74 Å². The maximum absolute atomic E-state index is 12.1. The van der Waals surface area contributed by atoms with Crippen LogP contribution in [0.5, 0.6) is 5.88 Å². The molecule has 1 aliphatic rings. The van der Waals surface area contributed by atoms with E-state index in [0.717, 1.165) is 16.3 Å². The molecule has 1 amide bonds. The van der Waals surface area contributed by atoms with Gasteiger partial charge in [-0.1, -0.05) is 0 Å². The number of hydrogen-bond acceptors (Lipinski definition) is 6. The molecule has 23 heavy (non-hydrogen) atoms. The Labute approximate surface area is 136 Å². The number of ether oxygens (including phenoxy) is 1. The summed E-state index contributed by atoms with van der Waals surface area (Å²) in [6.07, 6.45) is 1.63. The molecule has 128 valence electrons. The molecule has 0 bridgehead atoms. The lowest BCUT2D eigenvalue weighted by molar-refractivity contribution is -0.130. The molecule has 0 radical (unpaired) electrons. The molecule has 1 aromatic rings. The summed E-state index contributed by atoms with van der Waals surface area (Å²) in [6, 6.07) is 1.76. The van der Waals surface area contributed by atoms with E-state index >= 15 is 0 Å². The number of amides is 1. The Bertz CT molecular complexity index is 672. The second-order valence-electron chi connectivity index (χ2n) is 5.78. The summed E-state index contributed by atoms with van der Waals surface area (Å²) >= 11 is 0. The summed E-state index contributed by atoms with van der Waals surface area (Å²) in [6.45, 7) is 4.48. The van der Waals surface area contributed by atoms with Gasteiger partial charge >= 0.3 is 0 Å². The minimum Gasteiger partial charge on any atom is -0.472 e. The highest BCUT2D eigenvalue weighted by Crippen LogP contribution is 2.17. The Hall–Kier alpha value is -1.74. The van der Waals surface area contributed by atoms with Gasteiger partial charge in [-0.05, 0) is 13.8 Å². The molecule has 0 aliphatic carbocycles. The zero-order valence-corrected chi connectivity index (χ0v) is 14.6. The molecule has 1 aromatic heterocycles. The number of nitrogens with zero attached hydrogens (tertiary/aromatic N) is 4. The molecule has 0 spiro atoms. The second kappa shape index (κ2) is 6.79. The molecule has 1 aliphatic heterocycles. The van der Waals surface area contributed by atoms with Gasteiger partial charge in [0.05, 0.1) is 19.3 Å². The van der Waals surface area contributed by atoms with Crippen LogP contribution >= 0.6 is 0 Å². The van der Waals surface area contributed by atoms with Crippen LogP contribution in [0.25, 0.3) is 0 Å². The monoisotopic (exact) mass is 342 g/mol. The first-order chi connectivity index (χ1) is 10.6. The average Bonchev–Trinajstić information content (AvgIpc) is 2.84. The van der Waals surface area contributed by atoms with Crippen LogP contribution in [0.15, 0.2) is 6.07 Å². The molecule has 1 atom stereocenters. The van der Waals surface area contributed by atoms with Crippen LogP contribution in [-0.4, -0.2) is 72.5 Å². The molecular formula is C14H22N4O4S. The number of rotatable bonds is 5. The Balaban J connectivity index is 1.92. The number of carbonyl (C=O) groups is 1. The van der Waals surface area contributed by atoms with E-state index in [2.05, 4.69) is 9.97 Å². The van der Waals surface area contributed by atoms with Gasteiger partial charge in [0.1, 0.15) is 11.9 Å². The first-order valence-corrected chi connectivity index (χ1v) is 9.18. The number of sulfonamides is 1. The van der Waals surface area contributed by atoms with Crippen molar-refractivity contribution in [1.29, 1.82) is 0 Å². The summed E-state index contributed by atoms with van der Waals surface area (Å²) in [5, 5.41) is 0. The van der Waals surface area contributed by atoms with Crippen molar-refractivity contribution < 1.29 is 17.9 Å². The summed E-state index contributed by atoms with van der Waals surface area (Å²) in [7, 11) is -1.97. The number of hydrogen-bond donors (Lipinski definition) is 0. The summed E-state index contributed by atoms with van der Waals surface area (Å²) in [5.74, 6) is 0.919. The maximum Gasteiger partial charge on any atom is 0.238 e. The van der Waals surface area contributed by atoms with E-state index < -0.39 is 10.0 Å². The number of aryl methyl sites for hydroxylation is 2. The van der Waals surface area contributed by atoms with Crippen LogP contribution in [0, 0.1) is 13.8 Å². The van der Waals surface area contributed by atoms with Crippen LogP contribution in [0.1, 0.15) is 17.9 Å². The molecule has 2 heterocycles. The fraction of sp³-hybridized carbons (Fsp3) is 0.643. The van der Waals surface area contributed by atoms with Crippen molar-refractivity contribution in [3.63, 3.8) is 0 Å². The van der Waals surface area contributed by atoms with E-state index in [1.54, 1.807) is 17.9 Å². The van der Waals surface area contributed by atoms with Crippen LogP contribution in [-0.2, 0) is 14.8 Å². The maximum atomic E-state index is 12.1. The zero-order chi connectivity index (χ0) is 17.2. The second-order valence-corrected chi connectivity index (χ2v) is 7.87. The summed E-state index contributed by atoms with van der Waals surface area (Å²) in [4.78, 5) is 22.2. The van der Waals surface area contributed by atoms with E-state index in [9.17, 15) is 13.2 Å². The van der Waals surface area contributed by atoms with E-state index in [1.165, 1.54) is 7.05 Å². The highest BCUT2D eigenvalue weighted by Gasteiger charge is 2.29. The van der Waals surface area contributed by atoms with Gasteiger partial charge in [-0.2, -0.15) is 9.29 Å². The number of likely N-dealkylation sites (N-methyl/N-ethyl adjacent to an activating group) is 1. The van der Waals surface area contributed by atoms with E-state index in [1.807, 2.05) is 6.92 Å². The van der Waals surface area contributed by atoms with E-state index in [0.29, 0.717) is 31.2 Å². The Morgan fingerprint density at radius 1 is 1.43 bits per heavy atom. The minimum atomic E-state index is -3.36. The molecular weight excluding hydrogens is 320 g/mol. The van der Waals surface area contributed by atoms with E-state index in [4.69, 9.17) is 4.74 Å². The highest BCUT2D eigenvalue weighted by atomic mass is 32.2. The minimum absolute atomic E-state index is 0.142. The van der Waals surface area contributed by atoms with Crippen molar-refractivity contribution >= 4 is 15.9 Å². The SMILES string of the molecule is Cc1cc(O[C@@H]2CCN(C(=O)CN(C)S(C)(=O)=O)C2)nc(C)n1. The Morgan fingerprint density at radius 3 is 2.74 bits per heavy atom. The molecule has 0 N–H and O–H groups in total. The molecule has 1 saturated heterocycles. The van der Waals surface area contributed by atoms with Gasteiger partial charge in [0.25, 0.3) is 0 Å². The topological polar surface area (TPSA) is 92.7 Å². The average molecular weight is 342 g/mol. The third-order valence-corrected chi connectivity index (χ3v) is 4.91. The van der Waals surface area contributed by atoms with Gasteiger partial charge in [0.15, 0.2) is 0 Å². The number of carbonyl (C=O) groups excluding carboxylic acids is 1. The van der Waals surface area contributed by atoms with Crippen molar-refractivity contribution in [2.45, 2.75) is 26.4 Å². The number of likely N-dealkylation sites (tertiary alicyclic amines) is 1. The van der Waals surface area contributed by atoms with Gasteiger partial charge in [0.2, 0.25) is 21.8 Å². The molecule has 2 rings (SSSR count). The van der Waals surface area contributed by atoms with Crippen LogP contribution in [0.2, 0.25) is 0 Å². The van der Waals surface area contributed by atoms with Crippen molar-refractivity contribution in [2.24, 2.45) is 0 Å². The first kappa shape index (κ1) is 17.6. The van der Waals surface area contributed by atoms with Crippen molar-refractivity contribution in [3.8, 4) is 5.88 Å².